The minimum Gasteiger partial charge on any atom is -0.492 e. The molecule has 5 nitrogen and oxygen atoms in total. The van der Waals surface area contributed by atoms with E-state index in [0.717, 1.165) is 35.9 Å². The molecule has 0 radical (unpaired) electrons. The molecule has 0 saturated carbocycles. The van der Waals surface area contributed by atoms with Gasteiger partial charge in [0.2, 0.25) is 5.91 Å². The van der Waals surface area contributed by atoms with E-state index in [2.05, 4.69) is 15.2 Å². The number of hydrogen-bond acceptors (Lipinski definition) is 4. The van der Waals surface area contributed by atoms with Crippen LogP contribution in [0, 0.1) is 5.92 Å². The van der Waals surface area contributed by atoms with Gasteiger partial charge in [0.25, 0.3) is 0 Å². The normalized spacial score (nSPS) is 19.5. The zero-order valence-electron chi connectivity index (χ0n) is 13.6. The van der Waals surface area contributed by atoms with Gasteiger partial charge in [0.1, 0.15) is 18.2 Å². The highest BCUT2D eigenvalue weighted by molar-refractivity contribution is 5.93. The number of nitrogens with zero attached hydrogens (tertiary/aromatic N) is 2. The molecule has 0 unspecified atom stereocenters. The Balaban J connectivity index is 1.39. The molecule has 1 amide bonds. The largest absolute Gasteiger partial charge is 0.492 e. The number of anilines is 2. The van der Waals surface area contributed by atoms with Crippen LogP contribution in [0.2, 0.25) is 0 Å². The molecule has 2 aromatic rings. The number of benzene rings is 1. The summed E-state index contributed by atoms with van der Waals surface area (Å²) in [6, 6.07) is 11.8. The summed E-state index contributed by atoms with van der Waals surface area (Å²) in [4.78, 5) is 19.2. The Labute approximate surface area is 141 Å². The first-order chi connectivity index (χ1) is 11.8. The summed E-state index contributed by atoms with van der Waals surface area (Å²) in [6.45, 7) is 2.55. The first-order valence-corrected chi connectivity index (χ1v) is 8.52. The first kappa shape index (κ1) is 15.0. The van der Waals surface area contributed by atoms with E-state index >= 15 is 0 Å². The van der Waals surface area contributed by atoms with Crippen molar-refractivity contribution in [2.24, 2.45) is 5.92 Å². The van der Waals surface area contributed by atoms with Gasteiger partial charge in [0.15, 0.2) is 0 Å². The maximum atomic E-state index is 12.5. The van der Waals surface area contributed by atoms with E-state index in [0.29, 0.717) is 13.0 Å². The van der Waals surface area contributed by atoms with Crippen LogP contribution in [0.1, 0.15) is 18.4 Å². The van der Waals surface area contributed by atoms with Gasteiger partial charge in [0.05, 0.1) is 17.8 Å². The van der Waals surface area contributed by atoms with E-state index in [4.69, 9.17) is 4.74 Å². The highest BCUT2D eigenvalue weighted by Crippen LogP contribution is 2.27. The van der Waals surface area contributed by atoms with E-state index < -0.39 is 0 Å². The fourth-order valence-corrected chi connectivity index (χ4v) is 3.33. The number of carbonyl (C=O) groups excluding carboxylic acids is 1. The number of rotatable bonds is 3. The molecule has 124 valence electrons. The Bertz CT molecular complexity index is 724. The smallest absolute Gasteiger partial charge is 0.231 e. The molecular weight excluding hydrogens is 302 g/mol. The number of hydrogen-bond donors (Lipinski definition) is 1. The molecule has 2 aliphatic rings. The van der Waals surface area contributed by atoms with Crippen LogP contribution in [0.25, 0.3) is 0 Å². The molecule has 4 rings (SSSR count). The van der Waals surface area contributed by atoms with E-state index in [1.54, 1.807) is 6.20 Å². The van der Waals surface area contributed by atoms with Crippen molar-refractivity contribution in [1.82, 2.24) is 4.98 Å². The number of carbonyl (C=O) groups is 1. The van der Waals surface area contributed by atoms with Gasteiger partial charge in [-0.3, -0.25) is 4.79 Å². The molecule has 0 spiro atoms. The lowest BCUT2D eigenvalue weighted by Gasteiger charge is -2.24. The van der Waals surface area contributed by atoms with E-state index in [9.17, 15) is 4.79 Å². The second-order valence-electron chi connectivity index (χ2n) is 6.41. The summed E-state index contributed by atoms with van der Waals surface area (Å²) in [5, 5.41) is 2.96. The molecule has 1 aromatic heterocycles. The Morgan fingerprint density at radius 1 is 1.17 bits per heavy atom. The second-order valence-corrected chi connectivity index (χ2v) is 6.41. The third-order valence-corrected chi connectivity index (χ3v) is 4.70. The lowest BCUT2D eigenvalue weighted by Crippen LogP contribution is -2.32. The van der Waals surface area contributed by atoms with Crippen molar-refractivity contribution in [1.29, 1.82) is 0 Å². The summed E-state index contributed by atoms with van der Waals surface area (Å²) < 4.78 is 5.70. The highest BCUT2D eigenvalue weighted by atomic mass is 16.5. The van der Waals surface area contributed by atoms with Gasteiger partial charge >= 0.3 is 0 Å². The Morgan fingerprint density at radius 3 is 2.79 bits per heavy atom. The van der Waals surface area contributed by atoms with E-state index in [1.807, 2.05) is 36.4 Å². The molecule has 3 heterocycles. The number of nitrogens with one attached hydrogen (secondary N) is 1. The van der Waals surface area contributed by atoms with Gasteiger partial charge < -0.3 is 15.0 Å². The molecule has 1 saturated heterocycles. The second kappa shape index (κ2) is 6.51. The van der Waals surface area contributed by atoms with Gasteiger partial charge in [-0.05, 0) is 43.0 Å². The van der Waals surface area contributed by atoms with Crippen LogP contribution in [0.4, 0.5) is 11.5 Å². The van der Waals surface area contributed by atoms with Crippen LogP contribution in [-0.4, -0.2) is 30.6 Å². The van der Waals surface area contributed by atoms with Crippen LogP contribution in [0.15, 0.2) is 42.6 Å². The third-order valence-electron chi connectivity index (χ3n) is 4.70. The molecule has 5 heteroatoms. The fraction of sp³-hybridized carbons (Fsp3) is 0.368. The maximum absolute atomic E-state index is 12.5. The van der Waals surface area contributed by atoms with Gasteiger partial charge in [-0.2, -0.15) is 0 Å². The van der Waals surface area contributed by atoms with E-state index in [-0.39, 0.29) is 11.8 Å². The Hall–Kier alpha value is -2.56. The molecule has 1 N–H and O–H groups in total. The quantitative estimate of drug-likeness (QED) is 0.944. The number of para-hydroxylation sites is 1. The van der Waals surface area contributed by atoms with Crippen molar-refractivity contribution in [2.75, 3.05) is 29.9 Å². The first-order valence-electron chi connectivity index (χ1n) is 8.52. The summed E-state index contributed by atoms with van der Waals surface area (Å²) in [7, 11) is 0. The van der Waals surface area contributed by atoms with Crippen molar-refractivity contribution < 1.29 is 9.53 Å². The van der Waals surface area contributed by atoms with Crippen LogP contribution in [0.3, 0.4) is 0 Å². The van der Waals surface area contributed by atoms with Crippen molar-refractivity contribution in [3.63, 3.8) is 0 Å². The number of aromatic nitrogens is 1. The van der Waals surface area contributed by atoms with Crippen LogP contribution >= 0.6 is 0 Å². The monoisotopic (exact) mass is 323 g/mol. The predicted molar refractivity (Wildman–Crippen MR) is 93.4 cm³/mol. The zero-order valence-corrected chi connectivity index (χ0v) is 13.6. The average Bonchev–Trinajstić information content (AvgIpc) is 3.16. The zero-order chi connectivity index (χ0) is 16.4. The van der Waals surface area contributed by atoms with Gasteiger partial charge in [-0.25, -0.2) is 4.98 Å². The standard InChI is InChI=1S/C19H21N3O2/c23-19(15-11-14-5-1-2-6-17(14)24-13-15)21-16-7-8-18(20-12-16)22-9-3-4-10-22/h1-2,5-8,12,15H,3-4,9-11,13H2,(H,21,23)/t15-/m0/s1. The molecular formula is C19H21N3O2. The minimum absolute atomic E-state index is 0.0137. The Kier molecular flexibility index (Phi) is 4.07. The third kappa shape index (κ3) is 3.07. The maximum Gasteiger partial charge on any atom is 0.231 e. The number of fused-ring (bicyclic) bond motifs is 1. The van der Waals surface area contributed by atoms with Gasteiger partial charge in [0, 0.05) is 13.1 Å². The van der Waals surface area contributed by atoms with Gasteiger partial charge in [-0.15, -0.1) is 0 Å². The number of ether oxygens (including phenoxy) is 1. The highest BCUT2D eigenvalue weighted by Gasteiger charge is 2.26. The molecule has 1 aromatic carbocycles. The lowest BCUT2D eigenvalue weighted by atomic mass is 9.96. The molecule has 1 fully saturated rings. The predicted octanol–water partition coefficient (Wildman–Crippen LogP) is 2.87. The average molecular weight is 323 g/mol. The summed E-state index contributed by atoms with van der Waals surface area (Å²) >= 11 is 0. The number of pyridine rings is 1. The lowest BCUT2D eigenvalue weighted by molar-refractivity contribution is -0.121. The van der Waals surface area contributed by atoms with Crippen molar-refractivity contribution in [2.45, 2.75) is 19.3 Å². The van der Waals surface area contributed by atoms with Gasteiger partial charge in [-0.1, -0.05) is 18.2 Å². The topological polar surface area (TPSA) is 54.5 Å². The van der Waals surface area contributed by atoms with E-state index in [1.165, 1.54) is 12.8 Å². The molecule has 0 aliphatic carbocycles. The summed E-state index contributed by atoms with van der Waals surface area (Å²) in [5.74, 6) is 1.69. The summed E-state index contributed by atoms with van der Waals surface area (Å²) in [5.41, 5.74) is 1.83. The van der Waals surface area contributed by atoms with Crippen molar-refractivity contribution >= 4 is 17.4 Å². The van der Waals surface area contributed by atoms with Crippen LogP contribution in [0.5, 0.6) is 5.75 Å². The van der Waals surface area contributed by atoms with Crippen LogP contribution in [-0.2, 0) is 11.2 Å². The SMILES string of the molecule is O=C(Nc1ccc(N2CCCC2)nc1)[C@@H]1COc2ccccc2C1. The van der Waals surface area contributed by atoms with Crippen molar-refractivity contribution in [3.05, 3.63) is 48.2 Å². The Morgan fingerprint density at radius 2 is 2.00 bits per heavy atom. The molecule has 1 atom stereocenters. The summed E-state index contributed by atoms with van der Waals surface area (Å²) in [6.07, 6.45) is 4.90. The number of amides is 1. The fourth-order valence-electron chi connectivity index (χ4n) is 3.33. The molecule has 0 bridgehead atoms. The molecule has 24 heavy (non-hydrogen) atoms. The van der Waals surface area contributed by atoms with Crippen molar-refractivity contribution in [3.8, 4) is 5.75 Å². The van der Waals surface area contributed by atoms with Crippen LogP contribution < -0.4 is 15.0 Å². The minimum atomic E-state index is -0.168. The molecule has 2 aliphatic heterocycles.